The third-order valence-electron chi connectivity index (χ3n) is 8.20. The minimum Gasteiger partial charge on any atom is -0.487 e. The summed E-state index contributed by atoms with van der Waals surface area (Å²) in [5.74, 6) is 1.54. The van der Waals surface area contributed by atoms with Gasteiger partial charge in [-0.15, -0.1) is 0 Å². The molecule has 1 saturated carbocycles. The second-order valence-electron chi connectivity index (χ2n) is 11.9. The van der Waals surface area contributed by atoms with Gasteiger partial charge in [0, 0.05) is 0 Å². The Morgan fingerprint density at radius 1 is 1.12 bits per heavy atom. The van der Waals surface area contributed by atoms with Crippen molar-refractivity contribution in [1.82, 2.24) is 4.98 Å². The van der Waals surface area contributed by atoms with Crippen LogP contribution in [0.2, 0.25) is 5.02 Å². The van der Waals surface area contributed by atoms with Crippen molar-refractivity contribution >= 4 is 23.6 Å². The van der Waals surface area contributed by atoms with Gasteiger partial charge in [-0.2, -0.15) is 0 Å². The van der Waals surface area contributed by atoms with Gasteiger partial charge in [-0.05, 0) is 103 Å². The third kappa shape index (κ3) is 7.71. The molecule has 0 aliphatic heterocycles. The Morgan fingerprint density at radius 2 is 1.98 bits per heavy atom. The number of aryl methyl sites for hydroxylation is 1. The Bertz CT molecular complexity index is 1380. The molecule has 5 nitrogen and oxygen atoms in total. The molecule has 3 atom stereocenters. The standard InChI is InChI=1S/C35H40ClNO4/c1-23(2)18-33(35(38)39)41-34-28(12-7-14-31(34)36)20-24-8-5-10-26(19-24)27-11-6-13-30(21-27)40-22-29-17-16-25-9-3-4-15-32(25)37-29/h4,6-7,11-17,21,23-24,26,33H,3,5,8-10,18-20,22H2,1-2H3,(H,38,39). The first-order valence-electron chi connectivity index (χ1n) is 14.9. The number of aromatic nitrogens is 1. The summed E-state index contributed by atoms with van der Waals surface area (Å²) in [6, 6.07) is 18.5. The molecule has 0 radical (unpaired) electrons. The van der Waals surface area contributed by atoms with Gasteiger partial charge in [0.15, 0.2) is 6.10 Å². The molecule has 0 bridgehead atoms. The fourth-order valence-electron chi connectivity index (χ4n) is 6.14. The number of pyridine rings is 1. The monoisotopic (exact) mass is 573 g/mol. The van der Waals surface area contributed by atoms with E-state index in [9.17, 15) is 9.90 Å². The highest BCUT2D eigenvalue weighted by Gasteiger charge is 2.27. The van der Waals surface area contributed by atoms with Crippen LogP contribution in [-0.2, 0) is 24.2 Å². The van der Waals surface area contributed by atoms with E-state index in [1.807, 2.05) is 32.0 Å². The number of carbonyl (C=O) groups is 1. The van der Waals surface area contributed by atoms with Gasteiger partial charge in [0.25, 0.3) is 0 Å². The van der Waals surface area contributed by atoms with Crippen molar-refractivity contribution in [1.29, 1.82) is 0 Å². The Hall–Kier alpha value is -3.31. The lowest BCUT2D eigenvalue weighted by Crippen LogP contribution is -2.29. The summed E-state index contributed by atoms with van der Waals surface area (Å²) in [5.41, 5.74) is 5.60. The van der Waals surface area contributed by atoms with Crippen LogP contribution in [0.4, 0.5) is 0 Å². The molecule has 0 saturated heterocycles. The third-order valence-corrected chi connectivity index (χ3v) is 8.50. The van der Waals surface area contributed by atoms with E-state index in [1.165, 1.54) is 11.1 Å². The number of ether oxygens (including phenoxy) is 2. The number of aliphatic carboxylic acids is 1. The van der Waals surface area contributed by atoms with Crippen LogP contribution in [-0.4, -0.2) is 22.2 Å². The Balaban J connectivity index is 1.24. The van der Waals surface area contributed by atoms with Crippen molar-refractivity contribution in [3.8, 4) is 11.5 Å². The molecule has 41 heavy (non-hydrogen) atoms. The van der Waals surface area contributed by atoms with E-state index in [0.717, 1.165) is 67.6 Å². The molecule has 2 aliphatic carbocycles. The van der Waals surface area contributed by atoms with Crippen LogP contribution in [0.3, 0.4) is 0 Å². The van der Waals surface area contributed by atoms with E-state index in [-0.39, 0.29) is 5.92 Å². The first-order valence-corrected chi connectivity index (χ1v) is 15.3. The second-order valence-corrected chi connectivity index (χ2v) is 12.3. The number of hydrogen-bond donors (Lipinski definition) is 1. The number of benzene rings is 2. The van der Waals surface area contributed by atoms with Gasteiger partial charge in [-0.1, -0.05) is 74.7 Å². The van der Waals surface area contributed by atoms with Crippen molar-refractivity contribution < 1.29 is 19.4 Å². The molecule has 5 rings (SSSR count). The lowest BCUT2D eigenvalue weighted by Gasteiger charge is -2.30. The van der Waals surface area contributed by atoms with Crippen molar-refractivity contribution in [2.45, 2.75) is 83.8 Å². The highest BCUT2D eigenvalue weighted by atomic mass is 35.5. The van der Waals surface area contributed by atoms with E-state index in [4.69, 9.17) is 26.1 Å². The maximum absolute atomic E-state index is 11.9. The fraction of sp³-hybridized carbons (Fsp3) is 0.429. The summed E-state index contributed by atoms with van der Waals surface area (Å²) < 4.78 is 12.2. The predicted octanol–water partition coefficient (Wildman–Crippen LogP) is 8.67. The maximum Gasteiger partial charge on any atom is 0.344 e. The van der Waals surface area contributed by atoms with Crippen LogP contribution in [0.25, 0.3) is 6.08 Å². The first kappa shape index (κ1) is 29.2. The van der Waals surface area contributed by atoms with Gasteiger partial charge < -0.3 is 14.6 Å². The van der Waals surface area contributed by atoms with Gasteiger partial charge >= 0.3 is 5.97 Å². The average Bonchev–Trinajstić information content (AvgIpc) is 2.97. The number of carboxylic acid groups (broad SMARTS) is 1. The topological polar surface area (TPSA) is 68.7 Å². The lowest BCUT2D eigenvalue weighted by atomic mass is 9.76. The van der Waals surface area contributed by atoms with Crippen LogP contribution in [0.15, 0.2) is 60.7 Å². The minimum absolute atomic E-state index is 0.201. The SMILES string of the molecule is CC(C)CC(Oc1c(Cl)cccc1CC1CCCC(c2cccc(OCc3ccc4c(n3)C=CCC4)c2)C1)C(=O)O. The molecule has 2 aromatic carbocycles. The van der Waals surface area contributed by atoms with E-state index >= 15 is 0 Å². The zero-order chi connectivity index (χ0) is 28.8. The largest absolute Gasteiger partial charge is 0.487 e. The molecule has 1 fully saturated rings. The molecule has 0 amide bonds. The molecule has 3 aromatic rings. The predicted molar refractivity (Wildman–Crippen MR) is 164 cm³/mol. The molecular weight excluding hydrogens is 534 g/mol. The van der Waals surface area contributed by atoms with Gasteiger partial charge in [-0.3, -0.25) is 0 Å². The summed E-state index contributed by atoms with van der Waals surface area (Å²) in [5, 5.41) is 10.2. The molecule has 3 unspecified atom stereocenters. The highest BCUT2D eigenvalue weighted by molar-refractivity contribution is 6.32. The van der Waals surface area contributed by atoms with Crippen molar-refractivity contribution in [3.05, 3.63) is 93.8 Å². The fourth-order valence-corrected chi connectivity index (χ4v) is 6.38. The Morgan fingerprint density at radius 3 is 2.80 bits per heavy atom. The number of allylic oxidation sites excluding steroid dienone is 1. The van der Waals surface area contributed by atoms with Gasteiger partial charge in [0.2, 0.25) is 0 Å². The molecule has 6 heteroatoms. The summed E-state index contributed by atoms with van der Waals surface area (Å²) in [6.45, 7) is 4.44. The Kier molecular flexibility index (Phi) is 9.66. The normalized spacial score (nSPS) is 19.0. The van der Waals surface area contributed by atoms with E-state index in [1.54, 1.807) is 6.07 Å². The molecule has 216 valence electrons. The highest BCUT2D eigenvalue weighted by Crippen LogP contribution is 2.41. The first-order chi connectivity index (χ1) is 19.9. The van der Waals surface area contributed by atoms with E-state index < -0.39 is 12.1 Å². The van der Waals surface area contributed by atoms with Crippen LogP contribution in [0, 0.1) is 11.8 Å². The average molecular weight is 574 g/mol. The van der Waals surface area contributed by atoms with Crippen molar-refractivity contribution in [2.75, 3.05) is 0 Å². The lowest BCUT2D eigenvalue weighted by molar-refractivity contribution is -0.145. The van der Waals surface area contributed by atoms with Gasteiger partial charge in [0.05, 0.1) is 16.4 Å². The van der Waals surface area contributed by atoms with Crippen LogP contribution < -0.4 is 9.47 Å². The van der Waals surface area contributed by atoms with Crippen LogP contribution in [0.5, 0.6) is 11.5 Å². The maximum atomic E-state index is 11.9. The summed E-state index contributed by atoms with van der Waals surface area (Å²) in [6.07, 6.45) is 11.2. The summed E-state index contributed by atoms with van der Waals surface area (Å²) in [7, 11) is 0. The number of halogens is 1. The summed E-state index contributed by atoms with van der Waals surface area (Å²) >= 11 is 6.54. The molecule has 2 aliphatic rings. The zero-order valence-corrected chi connectivity index (χ0v) is 24.8. The van der Waals surface area contributed by atoms with Gasteiger partial charge in [-0.25, -0.2) is 9.78 Å². The summed E-state index contributed by atoms with van der Waals surface area (Å²) in [4.78, 5) is 16.7. The van der Waals surface area contributed by atoms with Crippen molar-refractivity contribution in [3.63, 3.8) is 0 Å². The number of carboxylic acids is 1. The second kappa shape index (κ2) is 13.6. The van der Waals surface area contributed by atoms with E-state index in [0.29, 0.717) is 35.6 Å². The quantitative estimate of drug-likeness (QED) is 0.248. The number of hydrogen-bond acceptors (Lipinski definition) is 4. The zero-order valence-electron chi connectivity index (χ0n) is 24.0. The Labute approximate surface area is 248 Å². The van der Waals surface area contributed by atoms with Crippen molar-refractivity contribution in [2.24, 2.45) is 11.8 Å². The minimum atomic E-state index is -0.955. The number of para-hydroxylation sites is 1. The number of fused-ring (bicyclic) bond motifs is 1. The molecule has 1 N–H and O–H groups in total. The number of nitrogens with zero attached hydrogens (tertiary/aromatic N) is 1. The smallest absolute Gasteiger partial charge is 0.344 e. The van der Waals surface area contributed by atoms with Crippen LogP contribution >= 0.6 is 11.6 Å². The molecule has 0 spiro atoms. The molecule has 1 aromatic heterocycles. The molecule has 1 heterocycles. The van der Waals surface area contributed by atoms with E-state index in [2.05, 4.69) is 42.5 Å². The van der Waals surface area contributed by atoms with Crippen LogP contribution in [0.1, 0.15) is 86.4 Å². The number of rotatable bonds is 11. The van der Waals surface area contributed by atoms with Gasteiger partial charge in [0.1, 0.15) is 18.1 Å². The molecular formula is C35H40ClNO4.